The molecule has 1 amide bonds. The molecule has 3 rings (SSSR count). The van der Waals surface area contributed by atoms with Gasteiger partial charge in [0.2, 0.25) is 0 Å². The van der Waals surface area contributed by atoms with E-state index in [1.54, 1.807) is 35.1 Å². The minimum absolute atomic E-state index is 0.158. The van der Waals surface area contributed by atoms with Crippen LogP contribution in [0.5, 0.6) is 0 Å². The molecule has 2 N–H and O–H groups in total. The summed E-state index contributed by atoms with van der Waals surface area (Å²) in [5, 5.41) is 11.5. The monoisotopic (exact) mass is 352 g/mol. The zero-order valence-corrected chi connectivity index (χ0v) is 14.1. The van der Waals surface area contributed by atoms with Gasteiger partial charge in [-0.3, -0.25) is 4.79 Å². The summed E-state index contributed by atoms with van der Waals surface area (Å²) in [4.78, 5) is 12.1. The average molecular weight is 353 g/mol. The fourth-order valence-electron chi connectivity index (χ4n) is 2.66. The van der Waals surface area contributed by atoms with Crippen LogP contribution in [0.15, 0.2) is 30.5 Å². The Labute approximate surface area is 145 Å². The summed E-state index contributed by atoms with van der Waals surface area (Å²) in [6, 6.07) is 6.91. The number of amides is 1. The standard InChI is InChI=1S/C16H18Cl2N4O/c17-13-2-1-12(9-14(13)18)22-8-5-15(21-22)16(23)20-7-4-11-3-6-19-10-11/h1-2,5,8-9,11,19H,3-4,6-7,10H2,(H,20,23). The third-order valence-corrected chi connectivity index (χ3v) is 4.73. The topological polar surface area (TPSA) is 59.0 Å². The first-order valence-corrected chi connectivity index (χ1v) is 8.39. The highest BCUT2D eigenvalue weighted by Gasteiger charge is 2.15. The van der Waals surface area contributed by atoms with E-state index in [0.717, 1.165) is 25.2 Å². The van der Waals surface area contributed by atoms with Gasteiger partial charge in [-0.15, -0.1) is 0 Å². The summed E-state index contributed by atoms with van der Waals surface area (Å²) >= 11 is 11.9. The van der Waals surface area contributed by atoms with E-state index in [-0.39, 0.29) is 5.91 Å². The van der Waals surface area contributed by atoms with E-state index in [1.165, 1.54) is 6.42 Å². The van der Waals surface area contributed by atoms with Crippen molar-refractivity contribution in [2.75, 3.05) is 19.6 Å². The fourth-order valence-corrected chi connectivity index (χ4v) is 2.95. The van der Waals surface area contributed by atoms with Crippen LogP contribution in [0.1, 0.15) is 23.3 Å². The number of nitrogens with zero attached hydrogens (tertiary/aromatic N) is 2. The van der Waals surface area contributed by atoms with E-state index in [4.69, 9.17) is 23.2 Å². The number of aromatic nitrogens is 2. The van der Waals surface area contributed by atoms with Crippen molar-refractivity contribution in [2.45, 2.75) is 12.8 Å². The first-order chi connectivity index (χ1) is 11.1. The van der Waals surface area contributed by atoms with Gasteiger partial charge in [0.1, 0.15) is 0 Å². The van der Waals surface area contributed by atoms with Crippen molar-refractivity contribution in [3.8, 4) is 5.69 Å². The van der Waals surface area contributed by atoms with Crippen LogP contribution in [0, 0.1) is 5.92 Å². The normalized spacial score (nSPS) is 17.4. The molecule has 7 heteroatoms. The Hall–Kier alpha value is -1.56. The summed E-state index contributed by atoms with van der Waals surface area (Å²) in [7, 11) is 0. The first-order valence-electron chi connectivity index (χ1n) is 7.63. The zero-order chi connectivity index (χ0) is 16.2. The minimum atomic E-state index is -0.158. The summed E-state index contributed by atoms with van der Waals surface area (Å²) < 4.78 is 1.61. The number of halogens is 2. The highest BCUT2D eigenvalue weighted by Crippen LogP contribution is 2.24. The highest BCUT2D eigenvalue weighted by molar-refractivity contribution is 6.42. The molecule has 1 fully saturated rings. The van der Waals surface area contributed by atoms with E-state index in [2.05, 4.69) is 15.7 Å². The van der Waals surface area contributed by atoms with Gasteiger partial charge in [-0.2, -0.15) is 5.10 Å². The molecule has 0 aliphatic carbocycles. The number of hydrogen-bond donors (Lipinski definition) is 2. The van der Waals surface area contributed by atoms with Crippen LogP contribution in [-0.2, 0) is 0 Å². The van der Waals surface area contributed by atoms with E-state index in [9.17, 15) is 4.79 Å². The van der Waals surface area contributed by atoms with Crippen LogP contribution < -0.4 is 10.6 Å². The first kappa shape index (κ1) is 16.3. The molecule has 1 aromatic carbocycles. The van der Waals surface area contributed by atoms with Crippen molar-refractivity contribution < 1.29 is 4.79 Å². The Kier molecular flexibility index (Phi) is 5.20. The molecule has 0 bridgehead atoms. The Balaban J connectivity index is 1.59. The molecule has 1 aromatic heterocycles. The minimum Gasteiger partial charge on any atom is -0.351 e. The molecular formula is C16H18Cl2N4O. The average Bonchev–Trinajstić information content (AvgIpc) is 3.21. The van der Waals surface area contributed by atoms with Crippen molar-refractivity contribution in [3.63, 3.8) is 0 Å². The lowest BCUT2D eigenvalue weighted by molar-refractivity contribution is 0.0946. The van der Waals surface area contributed by atoms with Gasteiger partial charge in [0, 0.05) is 12.7 Å². The second-order valence-corrected chi connectivity index (χ2v) is 6.46. The molecule has 23 heavy (non-hydrogen) atoms. The molecule has 2 aromatic rings. The third-order valence-electron chi connectivity index (χ3n) is 3.99. The molecule has 1 unspecified atom stereocenters. The van der Waals surface area contributed by atoms with E-state index >= 15 is 0 Å². The molecule has 122 valence electrons. The number of carbonyl (C=O) groups is 1. The van der Waals surface area contributed by atoms with Crippen molar-refractivity contribution >= 4 is 29.1 Å². The van der Waals surface area contributed by atoms with E-state index in [1.807, 2.05) is 0 Å². The fraction of sp³-hybridized carbons (Fsp3) is 0.375. The summed E-state index contributed by atoms with van der Waals surface area (Å²) in [5.74, 6) is 0.499. The van der Waals surface area contributed by atoms with Crippen molar-refractivity contribution in [3.05, 3.63) is 46.2 Å². The number of rotatable bonds is 5. The van der Waals surface area contributed by atoms with Crippen LogP contribution >= 0.6 is 23.2 Å². The predicted octanol–water partition coefficient (Wildman–Crippen LogP) is 2.91. The predicted molar refractivity (Wildman–Crippen MR) is 91.5 cm³/mol. The van der Waals surface area contributed by atoms with Gasteiger partial charge in [-0.25, -0.2) is 4.68 Å². The van der Waals surface area contributed by atoms with Crippen LogP contribution in [-0.4, -0.2) is 35.3 Å². The molecule has 1 aliphatic rings. The molecule has 0 radical (unpaired) electrons. The Bertz CT molecular complexity index is 695. The number of benzene rings is 1. The number of hydrogen-bond acceptors (Lipinski definition) is 3. The Morgan fingerprint density at radius 2 is 2.22 bits per heavy atom. The van der Waals surface area contributed by atoms with Crippen LogP contribution in [0.25, 0.3) is 5.69 Å². The maximum Gasteiger partial charge on any atom is 0.271 e. The quantitative estimate of drug-likeness (QED) is 0.869. The lowest BCUT2D eigenvalue weighted by atomic mass is 10.1. The summed E-state index contributed by atoms with van der Waals surface area (Å²) in [5.41, 5.74) is 1.15. The molecule has 1 aliphatic heterocycles. The highest BCUT2D eigenvalue weighted by atomic mass is 35.5. The van der Waals surface area contributed by atoms with Gasteiger partial charge in [0.25, 0.3) is 5.91 Å². The number of carbonyl (C=O) groups excluding carboxylic acids is 1. The lowest BCUT2D eigenvalue weighted by Gasteiger charge is -2.08. The summed E-state index contributed by atoms with van der Waals surface area (Å²) in [6.07, 6.45) is 3.91. The van der Waals surface area contributed by atoms with Gasteiger partial charge >= 0.3 is 0 Å². The van der Waals surface area contributed by atoms with Gasteiger partial charge in [-0.05, 0) is 56.1 Å². The van der Waals surface area contributed by atoms with E-state index < -0.39 is 0 Å². The molecule has 5 nitrogen and oxygen atoms in total. The molecule has 2 heterocycles. The van der Waals surface area contributed by atoms with E-state index in [0.29, 0.717) is 28.2 Å². The largest absolute Gasteiger partial charge is 0.351 e. The van der Waals surface area contributed by atoms with Gasteiger partial charge in [0.15, 0.2) is 5.69 Å². The van der Waals surface area contributed by atoms with Crippen molar-refractivity contribution in [1.29, 1.82) is 0 Å². The zero-order valence-electron chi connectivity index (χ0n) is 12.6. The van der Waals surface area contributed by atoms with Crippen LogP contribution in [0.4, 0.5) is 0 Å². The SMILES string of the molecule is O=C(NCCC1CCNC1)c1ccn(-c2ccc(Cl)c(Cl)c2)n1. The van der Waals surface area contributed by atoms with Crippen molar-refractivity contribution in [1.82, 2.24) is 20.4 Å². The number of nitrogens with one attached hydrogen (secondary N) is 2. The molecule has 1 saturated heterocycles. The Morgan fingerprint density at radius 1 is 1.35 bits per heavy atom. The Morgan fingerprint density at radius 3 is 2.96 bits per heavy atom. The van der Waals surface area contributed by atoms with Gasteiger partial charge in [-0.1, -0.05) is 23.2 Å². The van der Waals surface area contributed by atoms with Gasteiger partial charge < -0.3 is 10.6 Å². The second-order valence-electron chi connectivity index (χ2n) is 5.65. The van der Waals surface area contributed by atoms with Crippen LogP contribution in [0.3, 0.4) is 0 Å². The smallest absolute Gasteiger partial charge is 0.271 e. The van der Waals surface area contributed by atoms with Gasteiger partial charge in [0.05, 0.1) is 15.7 Å². The van der Waals surface area contributed by atoms with Crippen molar-refractivity contribution in [2.24, 2.45) is 5.92 Å². The third kappa shape index (κ3) is 4.05. The van der Waals surface area contributed by atoms with Crippen LogP contribution in [0.2, 0.25) is 10.0 Å². The summed E-state index contributed by atoms with van der Waals surface area (Å²) in [6.45, 7) is 2.79. The lowest BCUT2D eigenvalue weighted by Crippen LogP contribution is -2.26. The molecule has 1 atom stereocenters. The molecule has 0 saturated carbocycles. The molecular weight excluding hydrogens is 335 g/mol. The maximum absolute atomic E-state index is 12.1. The second kappa shape index (κ2) is 7.34. The maximum atomic E-state index is 12.1. The molecule has 0 spiro atoms.